The molecule has 0 aliphatic carbocycles. The Balaban J connectivity index is 1.73. The minimum absolute atomic E-state index is 0.0189. The molecule has 0 saturated carbocycles. The van der Waals surface area contributed by atoms with Crippen molar-refractivity contribution in [2.45, 2.75) is 4.90 Å². The third-order valence-corrected chi connectivity index (χ3v) is 7.76. The van der Waals surface area contributed by atoms with E-state index < -0.39 is 32.7 Å². The lowest BCUT2D eigenvalue weighted by Crippen LogP contribution is -2.44. The first-order valence-electron chi connectivity index (χ1n) is 9.82. The lowest BCUT2D eigenvalue weighted by molar-refractivity contribution is -0.114. The molecule has 0 saturated heterocycles. The molecule has 11 heteroatoms. The second-order valence-corrected chi connectivity index (χ2v) is 10.9. The molecule has 0 atom stereocenters. The van der Waals surface area contributed by atoms with Gasteiger partial charge in [0.05, 0.1) is 10.6 Å². The van der Waals surface area contributed by atoms with Crippen LogP contribution in [0.4, 0.5) is 17.1 Å². The molecule has 1 amide bonds. The van der Waals surface area contributed by atoms with Gasteiger partial charge in [0.2, 0.25) is 5.91 Å². The second kappa shape index (κ2) is 10.0. The standard InChI is InChI=1S/C22H24N4O5S2/c1-25(2)33(30,31)26(20-11-7-4-8-12-20)17-22(27)23-18-13-15-21(16-14-18)32(28,29)24-19-9-5-3-6-10-19/h3-16,24H,17H2,1-2H3,(H,23,27). The molecule has 0 heterocycles. The van der Waals surface area contributed by atoms with Crippen molar-refractivity contribution >= 4 is 43.2 Å². The fourth-order valence-corrected chi connectivity index (χ4v) is 4.99. The Morgan fingerprint density at radius 3 is 1.85 bits per heavy atom. The van der Waals surface area contributed by atoms with E-state index in [1.165, 1.54) is 38.4 Å². The summed E-state index contributed by atoms with van der Waals surface area (Å²) in [7, 11) is -4.95. The number of anilines is 3. The maximum Gasteiger partial charge on any atom is 0.304 e. The minimum atomic E-state index is -3.92. The van der Waals surface area contributed by atoms with Crippen molar-refractivity contribution in [1.29, 1.82) is 0 Å². The number of para-hydroxylation sites is 2. The first-order valence-corrected chi connectivity index (χ1v) is 12.7. The normalized spacial score (nSPS) is 11.7. The van der Waals surface area contributed by atoms with Crippen molar-refractivity contribution in [2.75, 3.05) is 35.0 Å². The van der Waals surface area contributed by atoms with E-state index in [2.05, 4.69) is 10.0 Å². The molecule has 9 nitrogen and oxygen atoms in total. The van der Waals surface area contributed by atoms with Gasteiger partial charge in [-0.2, -0.15) is 12.7 Å². The van der Waals surface area contributed by atoms with Gasteiger partial charge in [0, 0.05) is 25.5 Å². The molecule has 3 aromatic rings. The molecule has 0 fully saturated rings. The van der Waals surface area contributed by atoms with E-state index in [9.17, 15) is 21.6 Å². The summed E-state index contributed by atoms with van der Waals surface area (Å²) < 4.78 is 55.0. The van der Waals surface area contributed by atoms with Gasteiger partial charge in [-0.25, -0.2) is 12.7 Å². The molecule has 33 heavy (non-hydrogen) atoms. The monoisotopic (exact) mass is 488 g/mol. The van der Waals surface area contributed by atoms with E-state index in [4.69, 9.17) is 0 Å². The highest BCUT2D eigenvalue weighted by molar-refractivity contribution is 7.92. The smallest absolute Gasteiger partial charge is 0.304 e. The molecule has 0 aromatic heterocycles. The van der Waals surface area contributed by atoms with Crippen LogP contribution in [0.3, 0.4) is 0 Å². The number of carbonyl (C=O) groups is 1. The Morgan fingerprint density at radius 2 is 1.30 bits per heavy atom. The van der Waals surface area contributed by atoms with E-state index in [-0.39, 0.29) is 4.90 Å². The largest absolute Gasteiger partial charge is 0.325 e. The molecule has 3 rings (SSSR count). The summed E-state index contributed by atoms with van der Waals surface area (Å²) in [5, 5.41) is 2.60. The van der Waals surface area contributed by atoms with Gasteiger partial charge < -0.3 is 5.32 Å². The molecule has 2 N–H and O–H groups in total. The third-order valence-electron chi connectivity index (χ3n) is 4.55. The fraction of sp³-hybridized carbons (Fsp3) is 0.136. The number of hydrogen-bond acceptors (Lipinski definition) is 5. The molecule has 0 bridgehead atoms. The zero-order chi connectivity index (χ0) is 24.1. The van der Waals surface area contributed by atoms with Gasteiger partial charge in [-0.1, -0.05) is 36.4 Å². The van der Waals surface area contributed by atoms with Crippen LogP contribution in [0.2, 0.25) is 0 Å². The van der Waals surface area contributed by atoms with Gasteiger partial charge in [-0.3, -0.25) is 9.52 Å². The zero-order valence-corrected chi connectivity index (χ0v) is 19.7. The highest BCUT2D eigenvalue weighted by Gasteiger charge is 2.27. The van der Waals surface area contributed by atoms with Crippen LogP contribution in [-0.2, 0) is 25.0 Å². The van der Waals surface area contributed by atoms with Crippen LogP contribution in [0.1, 0.15) is 0 Å². The summed E-state index contributed by atoms with van der Waals surface area (Å²) in [6, 6.07) is 22.3. The fourth-order valence-electron chi connectivity index (χ4n) is 2.87. The van der Waals surface area contributed by atoms with Crippen LogP contribution < -0.4 is 14.3 Å². The lowest BCUT2D eigenvalue weighted by Gasteiger charge is -2.26. The highest BCUT2D eigenvalue weighted by atomic mass is 32.2. The highest BCUT2D eigenvalue weighted by Crippen LogP contribution is 2.20. The summed E-state index contributed by atoms with van der Waals surface area (Å²) >= 11 is 0. The van der Waals surface area contributed by atoms with E-state index >= 15 is 0 Å². The summed E-state index contributed by atoms with van der Waals surface area (Å²) in [5.41, 5.74) is 1.10. The molecule has 0 spiro atoms. The first-order chi connectivity index (χ1) is 15.6. The quantitative estimate of drug-likeness (QED) is 0.481. The molecule has 174 valence electrons. The molecular weight excluding hydrogens is 464 g/mol. The van der Waals surface area contributed by atoms with Crippen LogP contribution >= 0.6 is 0 Å². The minimum Gasteiger partial charge on any atom is -0.325 e. The van der Waals surface area contributed by atoms with Crippen molar-refractivity contribution in [3.05, 3.63) is 84.9 Å². The van der Waals surface area contributed by atoms with Gasteiger partial charge >= 0.3 is 10.2 Å². The number of nitrogens with one attached hydrogen (secondary N) is 2. The number of hydrogen-bond donors (Lipinski definition) is 2. The summed E-state index contributed by atoms with van der Waals surface area (Å²) in [5.74, 6) is -0.581. The first kappa shape index (κ1) is 24.2. The number of benzene rings is 3. The van der Waals surface area contributed by atoms with Gasteiger partial charge in [0.1, 0.15) is 6.54 Å². The maximum atomic E-state index is 12.7. The lowest BCUT2D eigenvalue weighted by atomic mass is 10.3. The Hall–Kier alpha value is -3.41. The van der Waals surface area contributed by atoms with Crippen LogP contribution in [0.5, 0.6) is 0 Å². The van der Waals surface area contributed by atoms with Crippen molar-refractivity contribution < 1.29 is 21.6 Å². The molecule has 3 aromatic carbocycles. The van der Waals surface area contributed by atoms with Gasteiger partial charge in [-0.15, -0.1) is 0 Å². The van der Waals surface area contributed by atoms with Crippen LogP contribution in [-0.4, -0.2) is 47.7 Å². The molecular formula is C22H24N4O5S2. The van der Waals surface area contributed by atoms with E-state index in [0.717, 1.165) is 8.61 Å². The van der Waals surface area contributed by atoms with E-state index in [1.807, 2.05) is 0 Å². The average Bonchev–Trinajstić information content (AvgIpc) is 2.78. The Bertz CT molecular complexity index is 1300. The molecule has 0 aliphatic heterocycles. The predicted molar refractivity (Wildman–Crippen MR) is 129 cm³/mol. The van der Waals surface area contributed by atoms with Gasteiger partial charge in [0.25, 0.3) is 10.0 Å². The SMILES string of the molecule is CN(C)S(=O)(=O)N(CC(=O)Nc1ccc(S(=O)(=O)Nc2ccccc2)cc1)c1ccccc1. The number of carbonyl (C=O) groups excluding carboxylic acids is 1. The summed E-state index contributed by atoms with van der Waals surface area (Å²) in [6.07, 6.45) is 0. The Labute approximate surface area is 193 Å². The van der Waals surface area contributed by atoms with Crippen LogP contribution in [0, 0.1) is 0 Å². The van der Waals surface area contributed by atoms with E-state index in [0.29, 0.717) is 17.1 Å². The average molecular weight is 489 g/mol. The van der Waals surface area contributed by atoms with Gasteiger partial charge in [0.15, 0.2) is 0 Å². The summed E-state index contributed by atoms with van der Waals surface area (Å²) in [6.45, 7) is -0.458. The second-order valence-electron chi connectivity index (χ2n) is 7.18. The van der Waals surface area contributed by atoms with E-state index in [1.54, 1.807) is 60.7 Å². The third kappa shape index (κ3) is 6.09. The predicted octanol–water partition coefficient (Wildman–Crippen LogP) is 2.74. The number of rotatable bonds is 9. The Kier molecular flexibility index (Phi) is 7.36. The van der Waals surface area contributed by atoms with Crippen molar-refractivity contribution in [2.24, 2.45) is 0 Å². The number of amides is 1. The zero-order valence-electron chi connectivity index (χ0n) is 18.0. The topological polar surface area (TPSA) is 116 Å². The van der Waals surface area contributed by atoms with Crippen molar-refractivity contribution in [1.82, 2.24) is 4.31 Å². The van der Waals surface area contributed by atoms with Crippen LogP contribution in [0.25, 0.3) is 0 Å². The van der Waals surface area contributed by atoms with Crippen LogP contribution in [0.15, 0.2) is 89.8 Å². The Morgan fingerprint density at radius 1 is 0.758 bits per heavy atom. The molecule has 0 unspecified atom stereocenters. The molecule has 0 aliphatic rings. The summed E-state index contributed by atoms with van der Waals surface area (Å²) in [4.78, 5) is 12.6. The number of nitrogens with zero attached hydrogens (tertiary/aromatic N) is 2. The molecule has 0 radical (unpaired) electrons. The van der Waals surface area contributed by atoms with Crippen molar-refractivity contribution in [3.8, 4) is 0 Å². The number of sulfonamides is 1. The van der Waals surface area contributed by atoms with Crippen molar-refractivity contribution in [3.63, 3.8) is 0 Å². The van der Waals surface area contributed by atoms with Gasteiger partial charge in [-0.05, 0) is 48.5 Å². The maximum absolute atomic E-state index is 12.7.